The van der Waals surface area contributed by atoms with Crippen LogP contribution in [0.4, 0.5) is 5.82 Å². The Kier molecular flexibility index (Phi) is 6.18. The fourth-order valence-corrected chi connectivity index (χ4v) is 4.16. The van der Waals surface area contributed by atoms with Gasteiger partial charge in [-0.3, -0.25) is 0 Å². The van der Waals surface area contributed by atoms with Gasteiger partial charge in [-0.15, -0.1) is 0 Å². The first-order valence-electron chi connectivity index (χ1n) is 10.0. The van der Waals surface area contributed by atoms with Crippen LogP contribution in [0, 0.1) is 0 Å². The minimum absolute atomic E-state index is 0.356. The fourth-order valence-electron chi connectivity index (χ4n) is 3.92. The van der Waals surface area contributed by atoms with Crippen LogP contribution in [0.2, 0.25) is 0 Å². The quantitative estimate of drug-likeness (QED) is 0.362. The van der Waals surface area contributed by atoms with Crippen molar-refractivity contribution in [2.75, 3.05) is 32.2 Å². The number of allylic oxidation sites excluding steroid dienone is 2. The van der Waals surface area contributed by atoms with E-state index in [9.17, 15) is 9.59 Å². The molecule has 2 aromatic rings. The molecule has 1 saturated heterocycles. The Morgan fingerprint density at radius 1 is 1.03 bits per heavy atom. The number of fused-ring (bicyclic) bond motifs is 1. The van der Waals surface area contributed by atoms with Crippen LogP contribution in [0.1, 0.15) is 36.1 Å². The molecule has 160 valence electrons. The van der Waals surface area contributed by atoms with Gasteiger partial charge in [-0.25, -0.2) is 19.6 Å². The van der Waals surface area contributed by atoms with E-state index in [0.29, 0.717) is 32.6 Å². The Bertz CT molecular complexity index is 1090. The van der Waals surface area contributed by atoms with Gasteiger partial charge < -0.3 is 14.4 Å². The lowest BCUT2D eigenvalue weighted by atomic mass is 9.78. The van der Waals surface area contributed by atoms with E-state index in [1.165, 1.54) is 26.7 Å². The maximum absolute atomic E-state index is 12.7. The summed E-state index contributed by atoms with van der Waals surface area (Å²) in [6, 6.07) is 7.51. The van der Waals surface area contributed by atoms with E-state index in [0.717, 1.165) is 37.3 Å². The van der Waals surface area contributed by atoms with Gasteiger partial charge >= 0.3 is 11.9 Å². The van der Waals surface area contributed by atoms with Crippen LogP contribution in [-0.2, 0) is 19.1 Å². The first-order valence-corrected chi connectivity index (χ1v) is 10.8. The second-order valence-electron chi connectivity index (χ2n) is 7.31. The van der Waals surface area contributed by atoms with Crippen molar-refractivity contribution < 1.29 is 19.1 Å². The van der Waals surface area contributed by atoms with Crippen LogP contribution < -0.4 is 4.90 Å². The van der Waals surface area contributed by atoms with Crippen molar-refractivity contribution in [3.8, 4) is 0 Å². The summed E-state index contributed by atoms with van der Waals surface area (Å²) in [6.07, 6.45) is 6.49. The topological polar surface area (TPSA) is 81.6 Å². The molecular weight excluding hydrogens is 462 g/mol. The smallest absolute Gasteiger partial charge is 0.340 e. The Morgan fingerprint density at radius 3 is 2.45 bits per heavy atom. The summed E-state index contributed by atoms with van der Waals surface area (Å²) < 4.78 is 10.6. The summed E-state index contributed by atoms with van der Waals surface area (Å²) in [5.41, 5.74) is 3.55. The normalized spacial score (nSPS) is 15.8. The summed E-state index contributed by atoms with van der Waals surface area (Å²) in [6.45, 7) is 1.90. The predicted molar refractivity (Wildman–Crippen MR) is 121 cm³/mol. The molecule has 0 amide bonds. The number of piperidine rings is 1. The lowest BCUT2D eigenvalue weighted by molar-refractivity contribution is -0.135. The Labute approximate surface area is 188 Å². The van der Waals surface area contributed by atoms with E-state index in [2.05, 4.69) is 25.8 Å². The van der Waals surface area contributed by atoms with Crippen molar-refractivity contribution in [3.05, 3.63) is 58.0 Å². The molecule has 3 heterocycles. The molecule has 8 heteroatoms. The molecule has 0 spiro atoms. The zero-order chi connectivity index (χ0) is 22.0. The molecule has 1 fully saturated rings. The molecule has 0 N–H and O–H groups in total. The molecule has 0 atom stereocenters. The molecule has 2 aliphatic rings. The molecule has 1 aliphatic heterocycles. The van der Waals surface area contributed by atoms with E-state index in [4.69, 9.17) is 14.5 Å². The highest BCUT2D eigenvalue weighted by Gasteiger charge is 2.36. The minimum atomic E-state index is -0.527. The van der Waals surface area contributed by atoms with Crippen molar-refractivity contribution in [2.24, 2.45) is 0 Å². The van der Waals surface area contributed by atoms with E-state index in [1.54, 1.807) is 12.3 Å². The largest absolute Gasteiger partial charge is 0.466 e. The van der Waals surface area contributed by atoms with Crippen molar-refractivity contribution in [1.82, 2.24) is 9.97 Å². The van der Waals surface area contributed by atoms with E-state index < -0.39 is 11.9 Å². The number of methoxy groups -OCH3 is 2. The zero-order valence-electron chi connectivity index (χ0n) is 17.4. The predicted octanol–water partition coefficient (Wildman–Crippen LogP) is 3.88. The number of nitrogens with zero attached hydrogens (tertiary/aromatic N) is 3. The number of esters is 2. The Morgan fingerprint density at radius 2 is 1.81 bits per heavy atom. The van der Waals surface area contributed by atoms with E-state index in [-0.39, 0.29) is 0 Å². The molecule has 0 aromatic carbocycles. The molecule has 0 unspecified atom stereocenters. The third-order valence-corrected chi connectivity index (χ3v) is 5.95. The number of halogens is 1. The maximum Gasteiger partial charge on any atom is 0.340 e. The van der Waals surface area contributed by atoms with Crippen LogP contribution >= 0.6 is 15.9 Å². The maximum atomic E-state index is 12.7. The third-order valence-electron chi connectivity index (χ3n) is 5.48. The van der Waals surface area contributed by atoms with Gasteiger partial charge in [0.25, 0.3) is 0 Å². The highest BCUT2D eigenvalue weighted by molar-refractivity contribution is 9.10. The van der Waals surface area contributed by atoms with Crippen molar-refractivity contribution in [2.45, 2.75) is 19.3 Å². The van der Waals surface area contributed by atoms with Gasteiger partial charge in [0, 0.05) is 42.1 Å². The lowest BCUT2D eigenvalue weighted by Gasteiger charge is -2.32. The Balaban J connectivity index is 1.82. The molecule has 31 heavy (non-hydrogen) atoms. The summed E-state index contributed by atoms with van der Waals surface area (Å²) in [4.78, 5) is 36.1. The second-order valence-corrected chi connectivity index (χ2v) is 8.12. The first-order chi connectivity index (χ1) is 15.0. The third kappa shape index (κ3) is 4.12. The zero-order valence-corrected chi connectivity index (χ0v) is 18.9. The molecule has 0 saturated carbocycles. The number of hydrogen-bond acceptors (Lipinski definition) is 7. The fraction of sp³-hybridized carbons (Fsp3) is 0.304. The minimum Gasteiger partial charge on any atom is -0.466 e. The number of ether oxygens (including phenoxy) is 2. The molecule has 2 aromatic heterocycles. The number of hydrogen-bond donors (Lipinski definition) is 0. The average Bonchev–Trinajstić information content (AvgIpc) is 2.80. The summed E-state index contributed by atoms with van der Waals surface area (Å²) in [5.74, 6) is -0.171. The number of anilines is 1. The van der Waals surface area contributed by atoms with Crippen LogP contribution in [-0.4, -0.2) is 49.2 Å². The number of carbonyl (C=O) groups is 2. The Hall–Kier alpha value is -3.00. The van der Waals surface area contributed by atoms with Gasteiger partial charge in [0.2, 0.25) is 0 Å². The van der Waals surface area contributed by atoms with Crippen LogP contribution in [0.5, 0.6) is 0 Å². The molecule has 0 bridgehead atoms. The number of aromatic nitrogens is 2. The number of rotatable bonds is 5. The standard InChI is InChI=1S/C23H22BrN3O4/c1-30-19(28)12-16(14-6-8-17(24)25-13-14)20-15-7-9-18(27-10-4-3-5-11-27)26-22(15)21(20)23(29)31-2/h6-9,12-13H,3-5,10-11H2,1-2H3. The number of carbonyl (C=O) groups excluding carboxylic acids is 2. The van der Waals surface area contributed by atoms with Crippen LogP contribution in [0.25, 0.3) is 16.7 Å². The van der Waals surface area contributed by atoms with Crippen molar-refractivity contribution >= 4 is 50.4 Å². The molecule has 0 radical (unpaired) electrons. The van der Waals surface area contributed by atoms with Crippen molar-refractivity contribution in [1.29, 1.82) is 0 Å². The summed E-state index contributed by atoms with van der Waals surface area (Å²) in [5, 5.41) is 0. The lowest BCUT2D eigenvalue weighted by Crippen LogP contribution is -2.31. The molecule has 7 nitrogen and oxygen atoms in total. The van der Waals surface area contributed by atoms with Gasteiger partial charge in [-0.1, -0.05) is 6.07 Å². The van der Waals surface area contributed by atoms with Gasteiger partial charge in [0.15, 0.2) is 0 Å². The molecular formula is C23H22BrN3O4. The highest BCUT2D eigenvalue weighted by atomic mass is 79.9. The second kappa shape index (κ2) is 9.01. The summed E-state index contributed by atoms with van der Waals surface area (Å²) >= 11 is 3.32. The van der Waals surface area contributed by atoms with Gasteiger partial charge in [0.05, 0.1) is 25.5 Å². The van der Waals surface area contributed by atoms with Gasteiger partial charge in [0.1, 0.15) is 10.4 Å². The van der Waals surface area contributed by atoms with Crippen molar-refractivity contribution in [3.63, 3.8) is 0 Å². The SMILES string of the molecule is COC(=O)C=C(C1=C(C(=O)OC)c2nc(N3CCCCC3)ccc21)c1ccc(Br)nc1. The first kappa shape index (κ1) is 21.2. The molecule has 1 aliphatic carbocycles. The summed E-state index contributed by atoms with van der Waals surface area (Å²) in [7, 11) is 2.65. The van der Waals surface area contributed by atoms with Gasteiger partial charge in [-0.05, 0) is 59.0 Å². The molecule has 4 rings (SSSR count). The average molecular weight is 484 g/mol. The number of pyridine rings is 2. The highest BCUT2D eigenvalue weighted by Crippen LogP contribution is 2.48. The van der Waals surface area contributed by atoms with Crippen LogP contribution in [0.3, 0.4) is 0 Å². The van der Waals surface area contributed by atoms with E-state index in [1.807, 2.05) is 18.2 Å². The van der Waals surface area contributed by atoms with E-state index >= 15 is 0 Å². The monoisotopic (exact) mass is 483 g/mol. The van der Waals surface area contributed by atoms with Crippen LogP contribution in [0.15, 0.2) is 41.1 Å². The van der Waals surface area contributed by atoms with Gasteiger partial charge in [-0.2, -0.15) is 0 Å².